The van der Waals surface area contributed by atoms with Gasteiger partial charge in [-0.3, -0.25) is 5.43 Å². The molecule has 0 unspecified atom stereocenters. The maximum absolute atomic E-state index is 10.1. The van der Waals surface area contributed by atoms with E-state index in [9.17, 15) is 5.11 Å². The highest BCUT2D eigenvalue weighted by molar-refractivity contribution is 7.80. The average molecular weight is 327 g/mol. The van der Waals surface area contributed by atoms with Crippen molar-refractivity contribution in [2.75, 3.05) is 18.0 Å². The fraction of sp³-hybridized carbons (Fsp3) is 0.222. The third-order valence-electron chi connectivity index (χ3n) is 3.55. The van der Waals surface area contributed by atoms with Gasteiger partial charge in [0.05, 0.1) is 6.21 Å². The predicted octanol–water partition coefficient (Wildman–Crippen LogP) is 3.54. The van der Waals surface area contributed by atoms with Gasteiger partial charge in [-0.1, -0.05) is 42.5 Å². The molecular weight excluding hydrogens is 306 g/mol. The van der Waals surface area contributed by atoms with E-state index in [0.29, 0.717) is 10.6 Å². The molecular formula is C18H21N3OS. The lowest BCUT2D eigenvalue weighted by Gasteiger charge is -2.21. The standard InChI is InChI=1S/C18H21N3OS/c1-3-21(4-2)16-11-10-15(17(22)12-16)13-19-20-18(23)14-8-6-5-7-9-14/h5-13,22H,3-4H2,1-2H3,(H,20,23)/b19-13+. The van der Waals surface area contributed by atoms with Gasteiger partial charge < -0.3 is 10.0 Å². The molecule has 0 saturated carbocycles. The van der Waals surface area contributed by atoms with E-state index in [-0.39, 0.29) is 5.75 Å². The molecule has 0 spiro atoms. The number of phenolic OH excluding ortho intramolecular Hbond substituents is 1. The van der Waals surface area contributed by atoms with Crippen LogP contribution in [-0.2, 0) is 0 Å². The van der Waals surface area contributed by atoms with Gasteiger partial charge in [0, 0.05) is 36.0 Å². The van der Waals surface area contributed by atoms with E-state index >= 15 is 0 Å². The minimum atomic E-state index is 0.200. The average Bonchev–Trinajstić information content (AvgIpc) is 2.58. The lowest BCUT2D eigenvalue weighted by atomic mass is 10.2. The third-order valence-corrected chi connectivity index (χ3v) is 3.88. The van der Waals surface area contributed by atoms with Crippen LogP contribution in [0, 0.1) is 0 Å². The maximum atomic E-state index is 10.1. The topological polar surface area (TPSA) is 47.9 Å². The van der Waals surface area contributed by atoms with Crippen molar-refractivity contribution in [3.63, 3.8) is 0 Å². The van der Waals surface area contributed by atoms with E-state index in [0.717, 1.165) is 24.3 Å². The second-order valence-electron chi connectivity index (χ2n) is 4.98. The Bertz CT molecular complexity index is 682. The van der Waals surface area contributed by atoms with Gasteiger partial charge >= 0.3 is 0 Å². The monoisotopic (exact) mass is 327 g/mol. The maximum Gasteiger partial charge on any atom is 0.126 e. The molecule has 0 saturated heterocycles. The molecule has 2 aromatic carbocycles. The molecule has 0 bridgehead atoms. The summed E-state index contributed by atoms with van der Waals surface area (Å²) >= 11 is 5.26. The highest BCUT2D eigenvalue weighted by Crippen LogP contribution is 2.23. The van der Waals surface area contributed by atoms with Crippen LogP contribution in [-0.4, -0.2) is 29.4 Å². The molecule has 0 amide bonds. The number of phenols is 1. The van der Waals surface area contributed by atoms with Crippen LogP contribution in [0.1, 0.15) is 25.0 Å². The molecule has 0 aliphatic heterocycles. The summed E-state index contributed by atoms with van der Waals surface area (Å²) in [5, 5.41) is 14.2. The zero-order valence-electron chi connectivity index (χ0n) is 13.4. The number of thiocarbonyl (C=S) groups is 1. The predicted molar refractivity (Wildman–Crippen MR) is 101 cm³/mol. The zero-order valence-corrected chi connectivity index (χ0v) is 14.2. The first-order valence-electron chi connectivity index (χ1n) is 7.62. The van der Waals surface area contributed by atoms with Crippen LogP contribution in [0.3, 0.4) is 0 Å². The van der Waals surface area contributed by atoms with Gasteiger partial charge in [0.1, 0.15) is 10.7 Å². The van der Waals surface area contributed by atoms with Crippen LogP contribution < -0.4 is 10.3 Å². The van der Waals surface area contributed by atoms with Crippen molar-refractivity contribution >= 4 is 29.1 Å². The van der Waals surface area contributed by atoms with E-state index in [1.54, 1.807) is 12.3 Å². The molecule has 0 heterocycles. The number of nitrogens with one attached hydrogen (secondary N) is 1. The lowest BCUT2D eigenvalue weighted by Crippen LogP contribution is -2.21. The van der Waals surface area contributed by atoms with Gasteiger partial charge in [0.15, 0.2) is 0 Å². The number of anilines is 1. The highest BCUT2D eigenvalue weighted by atomic mass is 32.1. The Balaban J connectivity index is 2.04. The summed E-state index contributed by atoms with van der Waals surface area (Å²) in [6.45, 7) is 5.97. The van der Waals surface area contributed by atoms with Crippen LogP contribution in [0.5, 0.6) is 5.75 Å². The molecule has 0 atom stereocenters. The highest BCUT2D eigenvalue weighted by Gasteiger charge is 2.05. The number of benzene rings is 2. The normalized spacial score (nSPS) is 10.7. The third kappa shape index (κ3) is 4.53. The Morgan fingerprint density at radius 1 is 1.17 bits per heavy atom. The van der Waals surface area contributed by atoms with Gasteiger partial charge in [-0.2, -0.15) is 5.10 Å². The van der Waals surface area contributed by atoms with Crippen LogP contribution in [0.25, 0.3) is 0 Å². The molecule has 0 fully saturated rings. The summed E-state index contributed by atoms with van der Waals surface area (Å²) in [6, 6.07) is 15.2. The van der Waals surface area contributed by atoms with Crippen molar-refractivity contribution < 1.29 is 5.11 Å². The largest absolute Gasteiger partial charge is 0.507 e. The second-order valence-corrected chi connectivity index (χ2v) is 5.39. The van der Waals surface area contributed by atoms with Crippen molar-refractivity contribution in [2.45, 2.75) is 13.8 Å². The van der Waals surface area contributed by atoms with Crippen molar-refractivity contribution in [3.8, 4) is 5.75 Å². The van der Waals surface area contributed by atoms with Gasteiger partial charge in [-0.25, -0.2) is 0 Å². The van der Waals surface area contributed by atoms with Crippen LogP contribution in [0.2, 0.25) is 0 Å². The first-order valence-corrected chi connectivity index (χ1v) is 8.03. The SMILES string of the molecule is CCN(CC)c1ccc(/C=N/NC(=S)c2ccccc2)c(O)c1. The Labute approximate surface area is 142 Å². The second kappa shape index (κ2) is 8.29. The van der Waals surface area contributed by atoms with E-state index in [1.807, 2.05) is 42.5 Å². The molecule has 0 aliphatic carbocycles. The summed E-state index contributed by atoms with van der Waals surface area (Å²) in [4.78, 5) is 2.71. The van der Waals surface area contributed by atoms with Gasteiger partial charge in [0.2, 0.25) is 0 Å². The van der Waals surface area contributed by atoms with Crippen molar-refractivity contribution in [3.05, 3.63) is 59.7 Å². The summed E-state index contributed by atoms with van der Waals surface area (Å²) < 4.78 is 0. The van der Waals surface area contributed by atoms with Crippen LogP contribution in [0.15, 0.2) is 53.6 Å². The van der Waals surface area contributed by atoms with Crippen molar-refractivity contribution in [1.29, 1.82) is 0 Å². The molecule has 2 rings (SSSR count). The van der Waals surface area contributed by atoms with Gasteiger partial charge in [-0.05, 0) is 26.0 Å². The van der Waals surface area contributed by atoms with Crippen LogP contribution >= 0.6 is 12.2 Å². The quantitative estimate of drug-likeness (QED) is 0.484. The first kappa shape index (κ1) is 17.0. The fourth-order valence-corrected chi connectivity index (χ4v) is 2.43. The van der Waals surface area contributed by atoms with Gasteiger partial charge in [-0.15, -0.1) is 0 Å². The van der Waals surface area contributed by atoms with E-state index in [4.69, 9.17) is 12.2 Å². The first-order chi connectivity index (χ1) is 11.2. The van der Waals surface area contributed by atoms with E-state index < -0.39 is 0 Å². The Kier molecular flexibility index (Phi) is 6.11. The summed E-state index contributed by atoms with van der Waals surface area (Å²) in [5.74, 6) is 0.200. The molecule has 0 radical (unpaired) electrons. The summed E-state index contributed by atoms with van der Waals surface area (Å²) in [6.07, 6.45) is 1.57. The number of hydrogen-bond acceptors (Lipinski definition) is 4. The lowest BCUT2D eigenvalue weighted by molar-refractivity contribution is 0.474. The molecule has 0 aromatic heterocycles. The number of nitrogens with zero attached hydrogens (tertiary/aromatic N) is 2. The van der Waals surface area contributed by atoms with E-state index in [1.165, 1.54) is 0 Å². The minimum Gasteiger partial charge on any atom is -0.507 e. The fourth-order valence-electron chi connectivity index (χ4n) is 2.24. The molecule has 4 nitrogen and oxygen atoms in total. The Hall–Kier alpha value is -2.40. The number of aromatic hydroxyl groups is 1. The number of hydrazone groups is 1. The Morgan fingerprint density at radius 3 is 2.48 bits per heavy atom. The molecule has 2 N–H and O–H groups in total. The summed E-state index contributed by atoms with van der Waals surface area (Å²) in [7, 11) is 0. The van der Waals surface area contributed by atoms with Crippen LogP contribution in [0.4, 0.5) is 5.69 Å². The Morgan fingerprint density at radius 2 is 1.87 bits per heavy atom. The van der Waals surface area contributed by atoms with Gasteiger partial charge in [0.25, 0.3) is 0 Å². The number of hydrogen-bond donors (Lipinski definition) is 2. The molecule has 2 aromatic rings. The molecule has 23 heavy (non-hydrogen) atoms. The summed E-state index contributed by atoms with van der Waals surface area (Å²) in [5.41, 5.74) is 5.36. The van der Waals surface area contributed by atoms with Crippen molar-refractivity contribution in [2.24, 2.45) is 5.10 Å². The molecule has 120 valence electrons. The van der Waals surface area contributed by atoms with E-state index in [2.05, 4.69) is 29.3 Å². The molecule has 0 aliphatic rings. The van der Waals surface area contributed by atoms with Crippen molar-refractivity contribution in [1.82, 2.24) is 5.43 Å². The smallest absolute Gasteiger partial charge is 0.126 e. The minimum absolute atomic E-state index is 0.200. The number of rotatable bonds is 6. The zero-order chi connectivity index (χ0) is 16.7. The molecule has 5 heteroatoms.